The molecule has 106 valence electrons. The lowest BCUT2D eigenvalue weighted by Crippen LogP contribution is -2.21. The molecular weight excluding hydrogens is 309 g/mol. The van der Waals surface area contributed by atoms with Gasteiger partial charge in [-0.25, -0.2) is 0 Å². The highest BCUT2D eigenvalue weighted by molar-refractivity contribution is 7.99. The van der Waals surface area contributed by atoms with Crippen LogP contribution in [-0.4, -0.2) is 12.3 Å². The predicted molar refractivity (Wildman–Crippen MR) is 90.0 cm³/mol. The molecule has 0 radical (unpaired) electrons. The highest BCUT2D eigenvalue weighted by atomic mass is 35.5. The van der Waals surface area contributed by atoms with E-state index in [0.29, 0.717) is 10.0 Å². The molecule has 0 aliphatic carbocycles. The Labute approximate surface area is 134 Å². The molecule has 0 heterocycles. The Hall–Kier alpha value is -0.670. The molecule has 0 aliphatic rings. The molecule has 0 fully saturated rings. The van der Waals surface area contributed by atoms with Crippen molar-refractivity contribution >= 4 is 35.0 Å². The van der Waals surface area contributed by atoms with Crippen molar-refractivity contribution in [3.05, 3.63) is 64.1 Å². The Morgan fingerprint density at radius 3 is 2.50 bits per heavy atom. The number of nitrogens with one attached hydrogen (secondary N) is 1. The lowest BCUT2D eigenvalue weighted by Gasteiger charge is -2.14. The summed E-state index contributed by atoms with van der Waals surface area (Å²) in [5, 5.41) is 4.70. The fourth-order valence-electron chi connectivity index (χ4n) is 1.86. The summed E-state index contributed by atoms with van der Waals surface area (Å²) in [6, 6.07) is 16.5. The maximum atomic E-state index is 6.04. The predicted octanol–water partition coefficient (Wildman–Crippen LogP) is 5.44. The first kappa shape index (κ1) is 15.7. The van der Waals surface area contributed by atoms with Crippen molar-refractivity contribution in [2.24, 2.45) is 0 Å². The van der Waals surface area contributed by atoms with Gasteiger partial charge in [0.25, 0.3) is 0 Å². The number of thioether (sulfide) groups is 1. The van der Waals surface area contributed by atoms with Gasteiger partial charge in [0.2, 0.25) is 0 Å². The van der Waals surface area contributed by atoms with E-state index in [1.807, 2.05) is 36.0 Å². The molecule has 20 heavy (non-hydrogen) atoms. The standard InChI is InChI=1S/C16H17Cl2NS/c1-12(13-7-8-15(17)16(18)11-13)19-9-10-20-14-5-3-2-4-6-14/h2-8,11-12,19H,9-10H2,1H3. The zero-order chi connectivity index (χ0) is 14.4. The van der Waals surface area contributed by atoms with Crippen LogP contribution in [0.1, 0.15) is 18.5 Å². The summed E-state index contributed by atoms with van der Waals surface area (Å²) in [7, 11) is 0. The van der Waals surface area contributed by atoms with Crippen molar-refractivity contribution in [2.75, 3.05) is 12.3 Å². The highest BCUT2D eigenvalue weighted by Crippen LogP contribution is 2.25. The molecule has 1 nitrogen and oxygen atoms in total. The highest BCUT2D eigenvalue weighted by Gasteiger charge is 2.06. The van der Waals surface area contributed by atoms with Crippen molar-refractivity contribution in [2.45, 2.75) is 17.9 Å². The number of hydrogen-bond acceptors (Lipinski definition) is 2. The van der Waals surface area contributed by atoms with E-state index in [2.05, 4.69) is 36.5 Å². The minimum absolute atomic E-state index is 0.265. The zero-order valence-corrected chi connectivity index (χ0v) is 13.6. The first-order valence-electron chi connectivity index (χ1n) is 6.53. The van der Waals surface area contributed by atoms with Gasteiger partial charge in [-0.3, -0.25) is 0 Å². The Morgan fingerprint density at radius 1 is 1.05 bits per heavy atom. The van der Waals surface area contributed by atoms with Crippen molar-refractivity contribution in [1.29, 1.82) is 0 Å². The summed E-state index contributed by atoms with van der Waals surface area (Å²) < 4.78 is 0. The van der Waals surface area contributed by atoms with Gasteiger partial charge in [0.05, 0.1) is 10.0 Å². The molecule has 4 heteroatoms. The maximum absolute atomic E-state index is 6.04. The van der Waals surface area contributed by atoms with E-state index in [-0.39, 0.29) is 6.04 Å². The summed E-state index contributed by atoms with van der Waals surface area (Å²) in [5.41, 5.74) is 1.16. The third kappa shape index (κ3) is 4.71. The van der Waals surface area contributed by atoms with Crippen LogP contribution in [0.25, 0.3) is 0 Å². The van der Waals surface area contributed by atoms with Crippen LogP contribution in [0, 0.1) is 0 Å². The molecule has 1 atom stereocenters. The number of rotatable bonds is 6. The lowest BCUT2D eigenvalue weighted by atomic mass is 10.1. The first-order valence-corrected chi connectivity index (χ1v) is 8.27. The minimum atomic E-state index is 0.265. The summed E-state index contributed by atoms with van der Waals surface area (Å²) in [5.74, 6) is 1.04. The first-order chi connectivity index (χ1) is 9.66. The molecule has 0 aliphatic heterocycles. The van der Waals surface area contributed by atoms with E-state index in [9.17, 15) is 0 Å². The Balaban J connectivity index is 1.77. The van der Waals surface area contributed by atoms with Crippen LogP contribution in [0.5, 0.6) is 0 Å². The van der Waals surface area contributed by atoms with Gasteiger partial charge in [0.15, 0.2) is 0 Å². The van der Waals surface area contributed by atoms with Gasteiger partial charge in [-0.1, -0.05) is 47.5 Å². The summed E-state index contributed by atoms with van der Waals surface area (Å²) >= 11 is 13.8. The molecule has 1 N–H and O–H groups in total. The second-order valence-corrected chi connectivity index (χ2v) is 6.49. The van der Waals surface area contributed by atoms with Crippen molar-refractivity contribution in [3.63, 3.8) is 0 Å². The van der Waals surface area contributed by atoms with Gasteiger partial charge >= 0.3 is 0 Å². The van der Waals surface area contributed by atoms with E-state index in [1.54, 1.807) is 0 Å². The maximum Gasteiger partial charge on any atom is 0.0595 e. The van der Waals surface area contributed by atoms with E-state index in [4.69, 9.17) is 23.2 Å². The largest absolute Gasteiger partial charge is 0.309 e. The summed E-state index contributed by atoms with van der Waals surface area (Å²) in [6.07, 6.45) is 0. The average molecular weight is 326 g/mol. The third-order valence-electron chi connectivity index (χ3n) is 3.01. The molecule has 0 bridgehead atoms. The number of benzene rings is 2. The number of hydrogen-bond donors (Lipinski definition) is 1. The van der Waals surface area contributed by atoms with E-state index >= 15 is 0 Å². The monoisotopic (exact) mass is 325 g/mol. The molecular formula is C16H17Cl2NS. The van der Waals surface area contributed by atoms with Crippen LogP contribution in [0.2, 0.25) is 10.0 Å². The van der Waals surface area contributed by atoms with Crippen molar-refractivity contribution in [3.8, 4) is 0 Å². The Morgan fingerprint density at radius 2 is 1.80 bits per heavy atom. The quantitative estimate of drug-likeness (QED) is 0.561. The van der Waals surface area contributed by atoms with Crippen molar-refractivity contribution < 1.29 is 0 Å². The second-order valence-electron chi connectivity index (χ2n) is 4.51. The molecule has 2 rings (SSSR count). The van der Waals surface area contributed by atoms with Crippen LogP contribution < -0.4 is 5.32 Å². The van der Waals surface area contributed by atoms with Gasteiger partial charge in [-0.15, -0.1) is 11.8 Å². The zero-order valence-electron chi connectivity index (χ0n) is 11.3. The van der Waals surface area contributed by atoms with E-state index < -0.39 is 0 Å². The molecule has 0 aromatic heterocycles. The fraction of sp³-hybridized carbons (Fsp3) is 0.250. The van der Waals surface area contributed by atoms with Gasteiger partial charge in [-0.05, 0) is 36.8 Å². The Bertz CT molecular complexity index is 545. The van der Waals surface area contributed by atoms with Gasteiger partial charge in [0.1, 0.15) is 0 Å². The molecule has 2 aromatic carbocycles. The van der Waals surface area contributed by atoms with Crippen LogP contribution in [0.4, 0.5) is 0 Å². The topological polar surface area (TPSA) is 12.0 Å². The second kappa shape index (κ2) is 7.94. The molecule has 0 amide bonds. The van der Waals surface area contributed by atoms with Gasteiger partial charge in [-0.2, -0.15) is 0 Å². The van der Waals surface area contributed by atoms with Crippen LogP contribution in [-0.2, 0) is 0 Å². The molecule has 1 unspecified atom stereocenters. The Kier molecular flexibility index (Phi) is 6.24. The lowest BCUT2D eigenvalue weighted by molar-refractivity contribution is 0.601. The third-order valence-corrected chi connectivity index (χ3v) is 4.76. The van der Waals surface area contributed by atoms with E-state index in [1.165, 1.54) is 4.90 Å². The summed E-state index contributed by atoms with van der Waals surface area (Å²) in [4.78, 5) is 1.30. The molecule has 0 spiro atoms. The van der Waals surface area contributed by atoms with Gasteiger partial charge in [0, 0.05) is 23.2 Å². The van der Waals surface area contributed by atoms with Crippen molar-refractivity contribution in [1.82, 2.24) is 5.32 Å². The molecule has 2 aromatic rings. The van der Waals surface area contributed by atoms with Crippen LogP contribution >= 0.6 is 35.0 Å². The van der Waals surface area contributed by atoms with Crippen LogP contribution in [0.15, 0.2) is 53.4 Å². The smallest absolute Gasteiger partial charge is 0.0595 e. The van der Waals surface area contributed by atoms with Gasteiger partial charge < -0.3 is 5.32 Å². The normalized spacial score (nSPS) is 12.3. The SMILES string of the molecule is CC(NCCSc1ccccc1)c1ccc(Cl)c(Cl)c1. The fourth-order valence-corrected chi connectivity index (χ4v) is 2.97. The molecule has 0 saturated heterocycles. The minimum Gasteiger partial charge on any atom is -0.309 e. The number of halogens is 2. The average Bonchev–Trinajstić information content (AvgIpc) is 2.47. The van der Waals surface area contributed by atoms with Crippen LogP contribution in [0.3, 0.4) is 0 Å². The van der Waals surface area contributed by atoms with E-state index in [0.717, 1.165) is 17.9 Å². The summed E-state index contributed by atoms with van der Waals surface area (Å²) in [6.45, 7) is 3.08. The molecule has 0 saturated carbocycles.